The van der Waals surface area contributed by atoms with Gasteiger partial charge in [0.25, 0.3) is 0 Å². The standard InChI is InChI=1S/C11H14BrClN2/c1-11(2)4-3-5-15(11)10-9(13)6-8(12)7-14-10/h6-7H,3-5H2,1-2H3. The Morgan fingerprint density at radius 3 is 2.80 bits per heavy atom. The van der Waals surface area contributed by atoms with E-state index in [-0.39, 0.29) is 5.54 Å². The van der Waals surface area contributed by atoms with Crippen LogP contribution in [0.2, 0.25) is 5.02 Å². The fraction of sp³-hybridized carbons (Fsp3) is 0.545. The van der Waals surface area contributed by atoms with Crippen molar-refractivity contribution in [1.29, 1.82) is 0 Å². The van der Waals surface area contributed by atoms with Gasteiger partial charge in [0.1, 0.15) is 5.82 Å². The summed E-state index contributed by atoms with van der Waals surface area (Å²) in [5.41, 5.74) is 0.171. The van der Waals surface area contributed by atoms with Gasteiger partial charge in [-0.2, -0.15) is 0 Å². The van der Waals surface area contributed by atoms with Crippen molar-refractivity contribution in [2.75, 3.05) is 11.4 Å². The highest BCUT2D eigenvalue weighted by Gasteiger charge is 2.33. The van der Waals surface area contributed by atoms with Gasteiger partial charge >= 0.3 is 0 Å². The zero-order valence-electron chi connectivity index (χ0n) is 8.93. The molecule has 0 saturated carbocycles. The third kappa shape index (κ3) is 2.13. The minimum absolute atomic E-state index is 0.171. The Balaban J connectivity index is 2.37. The molecule has 0 amide bonds. The van der Waals surface area contributed by atoms with E-state index in [1.165, 1.54) is 12.8 Å². The summed E-state index contributed by atoms with van der Waals surface area (Å²) in [5.74, 6) is 0.905. The molecule has 0 spiro atoms. The Bertz CT molecular complexity index is 379. The maximum Gasteiger partial charge on any atom is 0.147 e. The molecule has 1 aromatic heterocycles. The Morgan fingerprint density at radius 2 is 2.27 bits per heavy atom. The second-order valence-corrected chi connectivity index (χ2v) is 5.85. The van der Waals surface area contributed by atoms with Crippen molar-refractivity contribution in [2.24, 2.45) is 0 Å². The summed E-state index contributed by atoms with van der Waals surface area (Å²) in [5, 5.41) is 0.722. The van der Waals surface area contributed by atoms with Crippen LogP contribution >= 0.6 is 27.5 Å². The van der Waals surface area contributed by atoms with Crippen LogP contribution in [0, 0.1) is 0 Å². The number of nitrogens with zero attached hydrogens (tertiary/aromatic N) is 2. The number of pyridine rings is 1. The van der Waals surface area contributed by atoms with Crippen LogP contribution in [-0.2, 0) is 0 Å². The van der Waals surface area contributed by atoms with Crippen LogP contribution in [0.15, 0.2) is 16.7 Å². The van der Waals surface area contributed by atoms with Crippen molar-refractivity contribution in [1.82, 2.24) is 4.98 Å². The summed E-state index contributed by atoms with van der Waals surface area (Å²) in [6.07, 6.45) is 4.21. The number of anilines is 1. The number of hydrogen-bond acceptors (Lipinski definition) is 2. The molecule has 0 aromatic carbocycles. The van der Waals surface area contributed by atoms with Crippen LogP contribution in [0.4, 0.5) is 5.82 Å². The predicted molar refractivity (Wildman–Crippen MR) is 67.6 cm³/mol. The maximum atomic E-state index is 6.20. The molecule has 0 aliphatic carbocycles. The summed E-state index contributed by atoms with van der Waals surface area (Å²) in [7, 11) is 0. The van der Waals surface area contributed by atoms with E-state index in [0.717, 1.165) is 21.9 Å². The number of rotatable bonds is 1. The van der Waals surface area contributed by atoms with Gasteiger partial charge in [0, 0.05) is 22.8 Å². The molecule has 15 heavy (non-hydrogen) atoms. The van der Waals surface area contributed by atoms with E-state index in [2.05, 4.69) is 39.7 Å². The monoisotopic (exact) mass is 288 g/mol. The molecular weight excluding hydrogens is 275 g/mol. The van der Waals surface area contributed by atoms with Crippen LogP contribution < -0.4 is 4.90 Å². The highest BCUT2D eigenvalue weighted by molar-refractivity contribution is 9.10. The fourth-order valence-corrected chi connectivity index (χ4v) is 2.84. The van der Waals surface area contributed by atoms with Crippen molar-refractivity contribution < 1.29 is 0 Å². The molecule has 1 aromatic rings. The molecule has 1 saturated heterocycles. The molecule has 4 heteroatoms. The zero-order valence-corrected chi connectivity index (χ0v) is 11.3. The molecule has 2 rings (SSSR count). The Morgan fingerprint density at radius 1 is 1.53 bits per heavy atom. The first-order valence-electron chi connectivity index (χ1n) is 5.09. The third-order valence-electron chi connectivity index (χ3n) is 2.95. The van der Waals surface area contributed by atoms with Crippen LogP contribution in [-0.4, -0.2) is 17.1 Å². The molecule has 1 fully saturated rings. The molecule has 0 atom stereocenters. The first-order chi connectivity index (χ1) is 7.00. The molecule has 1 aliphatic rings. The van der Waals surface area contributed by atoms with Crippen molar-refractivity contribution >= 4 is 33.3 Å². The summed E-state index contributed by atoms with van der Waals surface area (Å²) in [4.78, 5) is 6.70. The normalized spacial score (nSPS) is 19.6. The van der Waals surface area contributed by atoms with Crippen LogP contribution in [0.25, 0.3) is 0 Å². The third-order valence-corrected chi connectivity index (χ3v) is 3.66. The first kappa shape index (κ1) is 11.2. The highest BCUT2D eigenvalue weighted by atomic mass is 79.9. The molecule has 0 N–H and O–H groups in total. The van der Waals surface area contributed by atoms with E-state index in [1.54, 1.807) is 6.20 Å². The molecule has 0 bridgehead atoms. The van der Waals surface area contributed by atoms with E-state index < -0.39 is 0 Å². The molecule has 2 nitrogen and oxygen atoms in total. The lowest BCUT2D eigenvalue weighted by molar-refractivity contribution is 0.514. The average Bonchev–Trinajstić information content (AvgIpc) is 2.46. The Hall–Kier alpha value is -0.280. The molecular formula is C11H14BrClN2. The van der Waals surface area contributed by atoms with Crippen molar-refractivity contribution in [3.63, 3.8) is 0 Å². The van der Waals surface area contributed by atoms with Gasteiger partial charge in [-0.3, -0.25) is 0 Å². The molecule has 0 unspecified atom stereocenters. The summed E-state index contributed by atoms with van der Waals surface area (Å²) < 4.78 is 0.924. The molecule has 0 radical (unpaired) electrons. The SMILES string of the molecule is CC1(C)CCCN1c1ncc(Br)cc1Cl. The van der Waals surface area contributed by atoms with Crippen LogP contribution in [0.5, 0.6) is 0 Å². The second-order valence-electron chi connectivity index (χ2n) is 4.53. The molecule has 1 aliphatic heterocycles. The summed E-state index contributed by atoms with van der Waals surface area (Å²) >= 11 is 9.57. The van der Waals surface area contributed by atoms with E-state index >= 15 is 0 Å². The second kappa shape index (κ2) is 3.95. The lowest BCUT2D eigenvalue weighted by Gasteiger charge is -2.33. The molecule has 82 valence electrons. The van der Waals surface area contributed by atoms with Gasteiger partial charge < -0.3 is 4.90 Å². The van der Waals surface area contributed by atoms with Gasteiger partial charge in [0.15, 0.2) is 0 Å². The number of halogens is 2. The lowest BCUT2D eigenvalue weighted by Crippen LogP contribution is -2.38. The van der Waals surface area contributed by atoms with Gasteiger partial charge in [0.2, 0.25) is 0 Å². The largest absolute Gasteiger partial charge is 0.350 e. The van der Waals surface area contributed by atoms with Gasteiger partial charge in [-0.05, 0) is 48.7 Å². The Kier molecular flexibility index (Phi) is 2.95. The number of aromatic nitrogens is 1. The quantitative estimate of drug-likeness (QED) is 0.780. The van der Waals surface area contributed by atoms with Crippen molar-refractivity contribution in [3.05, 3.63) is 21.8 Å². The minimum Gasteiger partial charge on any atom is -0.350 e. The van der Waals surface area contributed by atoms with Crippen molar-refractivity contribution in [2.45, 2.75) is 32.2 Å². The van der Waals surface area contributed by atoms with Crippen molar-refractivity contribution in [3.8, 4) is 0 Å². The fourth-order valence-electron chi connectivity index (χ4n) is 2.11. The van der Waals surface area contributed by atoms with Gasteiger partial charge in [0.05, 0.1) is 5.02 Å². The zero-order chi connectivity index (χ0) is 11.1. The van der Waals surface area contributed by atoms with E-state index in [1.807, 2.05) is 6.07 Å². The average molecular weight is 290 g/mol. The smallest absolute Gasteiger partial charge is 0.147 e. The van der Waals surface area contributed by atoms with E-state index in [4.69, 9.17) is 11.6 Å². The lowest BCUT2D eigenvalue weighted by atomic mass is 10.0. The summed E-state index contributed by atoms with van der Waals surface area (Å²) in [6.45, 7) is 5.52. The topological polar surface area (TPSA) is 16.1 Å². The maximum absolute atomic E-state index is 6.20. The minimum atomic E-state index is 0.171. The first-order valence-corrected chi connectivity index (χ1v) is 6.26. The van der Waals surface area contributed by atoms with Gasteiger partial charge in [-0.1, -0.05) is 11.6 Å². The van der Waals surface area contributed by atoms with E-state index in [9.17, 15) is 0 Å². The van der Waals surface area contributed by atoms with Gasteiger partial charge in [-0.15, -0.1) is 0 Å². The Labute approximate surface area is 104 Å². The number of hydrogen-bond donors (Lipinski definition) is 0. The van der Waals surface area contributed by atoms with Crippen LogP contribution in [0.1, 0.15) is 26.7 Å². The highest BCUT2D eigenvalue weighted by Crippen LogP contribution is 2.36. The van der Waals surface area contributed by atoms with Gasteiger partial charge in [-0.25, -0.2) is 4.98 Å². The predicted octanol–water partition coefficient (Wildman–Crippen LogP) is 3.88. The van der Waals surface area contributed by atoms with E-state index in [0.29, 0.717) is 0 Å². The molecule has 2 heterocycles. The summed E-state index contributed by atoms with van der Waals surface area (Å²) in [6, 6.07) is 1.90. The van der Waals surface area contributed by atoms with Crippen LogP contribution in [0.3, 0.4) is 0 Å².